The maximum absolute atomic E-state index is 6.40. The number of furan rings is 2. The van der Waals surface area contributed by atoms with Gasteiger partial charge in [0.15, 0.2) is 11.2 Å². The second-order valence-corrected chi connectivity index (χ2v) is 11.0. The maximum Gasteiger partial charge on any atom is 0.196 e. The third kappa shape index (κ3) is 3.16. The molecule has 0 spiro atoms. The molecule has 0 aliphatic rings. The summed E-state index contributed by atoms with van der Waals surface area (Å²) in [6.45, 7) is 0. The van der Waals surface area contributed by atoms with Crippen LogP contribution in [0.5, 0.6) is 0 Å². The van der Waals surface area contributed by atoms with Crippen molar-refractivity contribution in [2.75, 3.05) is 0 Å². The number of rotatable bonds is 2. The van der Waals surface area contributed by atoms with E-state index in [1.165, 1.54) is 10.8 Å². The lowest BCUT2D eigenvalue weighted by molar-refractivity contribution is 0.634. The van der Waals surface area contributed by atoms with E-state index in [-0.39, 0.29) is 0 Å². The fraction of sp³-hybridized carbons (Fsp3) is 0. The van der Waals surface area contributed by atoms with Gasteiger partial charge in [-0.05, 0) is 59.3 Å². The summed E-state index contributed by atoms with van der Waals surface area (Å²) in [6.07, 6.45) is 0. The molecule has 0 N–H and O–H groups in total. The fourth-order valence-corrected chi connectivity index (χ4v) is 6.55. The Bertz CT molecular complexity index is 2660. The lowest BCUT2D eigenvalue weighted by Crippen LogP contribution is -1.98. The number of pyridine rings is 2. The van der Waals surface area contributed by atoms with Gasteiger partial charge in [-0.3, -0.25) is 4.57 Å². The van der Waals surface area contributed by atoms with Crippen molar-refractivity contribution in [3.05, 3.63) is 127 Å². The average molecular weight is 552 g/mol. The number of fused-ring (bicyclic) bond motifs is 11. The van der Waals surface area contributed by atoms with E-state index in [0.717, 1.165) is 83.0 Å². The van der Waals surface area contributed by atoms with Gasteiger partial charge >= 0.3 is 0 Å². The average Bonchev–Trinajstić information content (AvgIpc) is 3.72. The zero-order chi connectivity index (χ0) is 28.1. The van der Waals surface area contributed by atoms with Gasteiger partial charge in [0.05, 0.1) is 16.7 Å². The summed E-state index contributed by atoms with van der Waals surface area (Å²) in [5.74, 6) is 0.788. The Morgan fingerprint density at radius 3 is 1.74 bits per heavy atom. The Morgan fingerprint density at radius 1 is 0.465 bits per heavy atom. The summed E-state index contributed by atoms with van der Waals surface area (Å²) >= 11 is 0. The van der Waals surface area contributed by atoms with E-state index in [4.69, 9.17) is 18.8 Å². The smallest absolute Gasteiger partial charge is 0.196 e. The Hall–Kier alpha value is -5.94. The molecule has 5 heterocycles. The van der Waals surface area contributed by atoms with Crippen LogP contribution < -0.4 is 0 Å². The van der Waals surface area contributed by atoms with Crippen LogP contribution in [0.15, 0.2) is 136 Å². The van der Waals surface area contributed by atoms with Crippen molar-refractivity contribution in [2.24, 2.45) is 0 Å². The van der Waals surface area contributed by atoms with Crippen molar-refractivity contribution in [3.8, 4) is 17.1 Å². The van der Waals surface area contributed by atoms with Gasteiger partial charge in [0, 0.05) is 27.1 Å². The topological polar surface area (TPSA) is 57.0 Å². The maximum atomic E-state index is 6.40. The molecule has 200 valence electrons. The normalized spacial score (nSPS) is 12.2. The van der Waals surface area contributed by atoms with E-state index in [2.05, 4.69) is 95.6 Å². The van der Waals surface area contributed by atoms with E-state index >= 15 is 0 Å². The standard InChI is InChI=1S/C38H21N3O2/c1-2-8-25-21-26(16-13-22(25)7-1)29-19-17-23-14-15-24-18-20-32(40-34(24)33(23)39-29)41-35-27-9-3-5-11-30(27)42-37(35)38-36(41)28-10-4-6-12-31(28)43-38/h1-21H. The van der Waals surface area contributed by atoms with E-state index < -0.39 is 0 Å². The van der Waals surface area contributed by atoms with Crippen molar-refractivity contribution in [1.82, 2.24) is 14.5 Å². The largest absolute Gasteiger partial charge is 0.450 e. The zero-order valence-corrected chi connectivity index (χ0v) is 22.8. The van der Waals surface area contributed by atoms with Crippen LogP contribution in [0.4, 0.5) is 0 Å². The van der Waals surface area contributed by atoms with E-state index in [9.17, 15) is 0 Å². The number of benzene rings is 5. The molecule has 5 aromatic carbocycles. The van der Waals surface area contributed by atoms with Gasteiger partial charge in [0.1, 0.15) is 28.0 Å². The van der Waals surface area contributed by atoms with Crippen LogP contribution in [0.25, 0.3) is 93.8 Å². The molecule has 5 nitrogen and oxygen atoms in total. The van der Waals surface area contributed by atoms with Crippen LogP contribution in [-0.4, -0.2) is 14.5 Å². The molecular weight excluding hydrogens is 530 g/mol. The monoisotopic (exact) mass is 551 g/mol. The highest BCUT2D eigenvalue weighted by Gasteiger charge is 2.25. The molecule has 0 unspecified atom stereocenters. The fourth-order valence-electron chi connectivity index (χ4n) is 6.55. The summed E-state index contributed by atoms with van der Waals surface area (Å²) in [4.78, 5) is 10.5. The molecule has 0 fully saturated rings. The van der Waals surface area contributed by atoms with Gasteiger partial charge in [0.2, 0.25) is 0 Å². The SMILES string of the molecule is c1ccc2cc(-c3ccc4ccc5ccc(-n6c7c8ccccc8oc7c7oc8ccccc8c76)nc5c4n3)ccc2c1. The molecule has 43 heavy (non-hydrogen) atoms. The van der Waals surface area contributed by atoms with Gasteiger partial charge in [-0.15, -0.1) is 0 Å². The van der Waals surface area contributed by atoms with Crippen molar-refractivity contribution in [3.63, 3.8) is 0 Å². The van der Waals surface area contributed by atoms with Gasteiger partial charge in [-0.1, -0.05) is 78.9 Å². The van der Waals surface area contributed by atoms with E-state index in [1.807, 2.05) is 36.4 Å². The van der Waals surface area contributed by atoms with Crippen LogP contribution in [0.3, 0.4) is 0 Å². The van der Waals surface area contributed by atoms with Gasteiger partial charge in [-0.2, -0.15) is 0 Å². The molecule has 0 aliphatic carbocycles. The summed E-state index contributed by atoms with van der Waals surface area (Å²) in [5.41, 5.74) is 8.72. The van der Waals surface area contributed by atoms with E-state index in [0.29, 0.717) is 0 Å². The molecule has 0 bridgehead atoms. The molecule has 5 heteroatoms. The Kier molecular flexibility index (Phi) is 4.39. The number of nitrogens with zero attached hydrogens (tertiary/aromatic N) is 3. The molecular formula is C38H21N3O2. The van der Waals surface area contributed by atoms with Crippen molar-refractivity contribution in [2.45, 2.75) is 0 Å². The lowest BCUT2D eigenvalue weighted by atomic mass is 10.0. The number of para-hydroxylation sites is 2. The van der Waals surface area contributed by atoms with Crippen LogP contribution >= 0.6 is 0 Å². The minimum atomic E-state index is 0.726. The van der Waals surface area contributed by atoms with Crippen LogP contribution in [0.1, 0.15) is 0 Å². The van der Waals surface area contributed by atoms with Gasteiger partial charge < -0.3 is 8.83 Å². The Labute approximate surface area is 244 Å². The summed E-state index contributed by atoms with van der Waals surface area (Å²) < 4.78 is 15.0. The number of hydrogen-bond donors (Lipinski definition) is 0. The molecule has 0 atom stereocenters. The van der Waals surface area contributed by atoms with Crippen LogP contribution in [0.2, 0.25) is 0 Å². The molecule has 0 amide bonds. The molecule has 0 radical (unpaired) electrons. The molecule has 10 rings (SSSR count). The quantitative estimate of drug-likeness (QED) is 0.201. The minimum Gasteiger partial charge on any atom is -0.450 e. The molecule has 10 aromatic rings. The van der Waals surface area contributed by atoms with Crippen LogP contribution in [0, 0.1) is 0 Å². The molecule has 0 saturated carbocycles. The highest BCUT2D eigenvalue weighted by atomic mass is 16.4. The van der Waals surface area contributed by atoms with E-state index in [1.54, 1.807) is 0 Å². The highest BCUT2D eigenvalue weighted by Crippen LogP contribution is 2.43. The first kappa shape index (κ1) is 22.7. The lowest BCUT2D eigenvalue weighted by Gasteiger charge is -2.10. The van der Waals surface area contributed by atoms with Crippen molar-refractivity contribution in [1.29, 1.82) is 0 Å². The Balaban J connectivity index is 1.27. The summed E-state index contributed by atoms with van der Waals surface area (Å²) in [7, 11) is 0. The molecule has 0 saturated heterocycles. The second kappa shape index (κ2) is 8.30. The molecule has 0 aliphatic heterocycles. The first-order valence-corrected chi connectivity index (χ1v) is 14.3. The van der Waals surface area contributed by atoms with Gasteiger partial charge in [-0.25, -0.2) is 9.97 Å². The first-order valence-electron chi connectivity index (χ1n) is 14.3. The summed E-state index contributed by atoms with van der Waals surface area (Å²) in [6, 6.07) is 43.8. The minimum absolute atomic E-state index is 0.726. The number of aromatic nitrogens is 3. The number of hydrogen-bond acceptors (Lipinski definition) is 4. The predicted octanol–water partition coefficient (Wildman–Crippen LogP) is 10.2. The second-order valence-electron chi connectivity index (χ2n) is 11.0. The Morgan fingerprint density at radius 2 is 1.02 bits per heavy atom. The zero-order valence-electron chi connectivity index (χ0n) is 22.8. The van der Waals surface area contributed by atoms with Gasteiger partial charge in [0.25, 0.3) is 0 Å². The molecule has 5 aromatic heterocycles. The summed E-state index contributed by atoms with van der Waals surface area (Å²) in [5, 5.41) is 6.53. The third-order valence-electron chi connectivity index (χ3n) is 8.57. The van der Waals surface area contributed by atoms with Crippen molar-refractivity contribution < 1.29 is 8.83 Å². The first-order chi connectivity index (χ1) is 21.3. The highest BCUT2D eigenvalue weighted by molar-refractivity contribution is 6.20. The third-order valence-corrected chi connectivity index (χ3v) is 8.57. The van der Waals surface area contributed by atoms with Crippen LogP contribution in [-0.2, 0) is 0 Å². The predicted molar refractivity (Wildman–Crippen MR) is 174 cm³/mol. The van der Waals surface area contributed by atoms with Crippen molar-refractivity contribution >= 4 is 76.7 Å².